The second-order valence-electron chi connectivity index (χ2n) is 4.09. The van der Waals surface area contributed by atoms with Gasteiger partial charge in [-0.2, -0.15) is 0 Å². The van der Waals surface area contributed by atoms with Crippen molar-refractivity contribution in [1.82, 2.24) is 4.90 Å². The van der Waals surface area contributed by atoms with Crippen LogP contribution in [0.4, 0.5) is 0 Å². The van der Waals surface area contributed by atoms with Crippen LogP contribution < -0.4 is 0 Å². The van der Waals surface area contributed by atoms with Gasteiger partial charge in [0.25, 0.3) is 0 Å². The zero-order chi connectivity index (χ0) is 8.82. The molecule has 0 bridgehead atoms. The fourth-order valence-electron chi connectivity index (χ4n) is 2.46. The van der Waals surface area contributed by atoms with Crippen molar-refractivity contribution in [1.29, 1.82) is 0 Å². The summed E-state index contributed by atoms with van der Waals surface area (Å²) < 4.78 is 23.1. The Morgan fingerprint density at radius 3 is 2.50 bits per heavy atom. The molecule has 0 aliphatic carbocycles. The maximum atomic E-state index is 11.7. The van der Waals surface area contributed by atoms with E-state index in [9.17, 15) is 8.42 Å². The van der Waals surface area contributed by atoms with Crippen molar-refractivity contribution in [3.05, 3.63) is 0 Å². The first-order valence-electron chi connectivity index (χ1n) is 4.47. The van der Waals surface area contributed by atoms with Crippen LogP contribution in [0, 0.1) is 0 Å². The lowest BCUT2D eigenvalue weighted by atomic mass is 10.0. The average Bonchev–Trinajstić information content (AvgIpc) is 2.43. The van der Waals surface area contributed by atoms with E-state index in [0.29, 0.717) is 5.75 Å². The van der Waals surface area contributed by atoms with Gasteiger partial charge in [-0.05, 0) is 32.9 Å². The standard InChI is InChI=1S/C8H15NO2S/c1-9-5-4-8(7-9)3-2-6-12(8,10)11/h2-7H2,1H3. The largest absolute Gasteiger partial charge is 0.305 e. The Kier molecular flexibility index (Phi) is 1.74. The molecule has 1 atom stereocenters. The Bertz CT molecular complexity index is 285. The fraction of sp³-hybridized carbons (Fsp3) is 1.00. The van der Waals surface area contributed by atoms with E-state index >= 15 is 0 Å². The highest BCUT2D eigenvalue weighted by molar-refractivity contribution is 7.93. The number of nitrogens with zero attached hydrogens (tertiary/aromatic N) is 1. The fourth-order valence-corrected chi connectivity index (χ4v) is 4.69. The molecule has 0 amide bonds. The smallest absolute Gasteiger partial charge is 0.157 e. The number of sulfone groups is 1. The van der Waals surface area contributed by atoms with Crippen molar-refractivity contribution < 1.29 is 8.42 Å². The molecular weight excluding hydrogens is 174 g/mol. The van der Waals surface area contributed by atoms with E-state index in [2.05, 4.69) is 4.90 Å². The molecule has 0 saturated carbocycles. The Morgan fingerprint density at radius 1 is 1.33 bits per heavy atom. The number of hydrogen-bond acceptors (Lipinski definition) is 3. The highest BCUT2D eigenvalue weighted by Crippen LogP contribution is 2.39. The predicted octanol–water partition coefficient (Wildman–Crippen LogP) is 0.269. The summed E-state index contributed by atoms with van der Waals surface area (Å²) in [6.07, 6.45) is 2.61. The van der Waals surface area contributed by atoms with E-state index in [0.717, 1.165) is 32.4 Å². The van der Waals surface area contributed by atoms with Crippen LogP contribution in [0.3, 0.4) is 0 Å². The van der Waals surface area contributed by atoms with E-state index in [4.69, 9.17) is 0 Å². The van der Waals surface area contributed by atoms with Gasteiger partial charge in [0, 0.05) is 6.54 Å². The van der Waals surface area contributed by atoms with E-state index in [1.54, 1.807) is 0 Å². The third kappa shape index (κ3) is 1.01. The van der Waals surface area contributed by atoms with Gasteiger partial charge in [0.1, 0.15) is 0 Å². The minimum absolute atomic E-state index is 0.345. The number of hydrogen-bond donors (Lipinski definition) is 0. The van der Waals surface area contributed by atoms with E-state index < -0.39 is 9.84 Å². The molecule has 0 radical (unpaired) electrons. The SMILES string of the molecule is CN1CCC2(CCCS2(=O)=O)C1. The summed E-state index contributed by atoms with van der Waals surface area (Å²) >= 11 is 0. The van der Waals surface area contributed by atoms with Crippen molar-refractivity contribution in [2.45, 2.75) is 24.0 Å². The second kappa shape index (κ2) is 2.45. The lowest BCUT2D eigenvalue weighted by molar-refractivity contribution is 0.397. The van der Waals surface area contributed by atoms with E-state index in [-0.39, 0.29) is 4.75 Å². The van der Waals surface area contributed by atoms with Gasteiger partial charge in [0.15, 0.2) is 9.84 Å². The molecule has 2 heterocycles. The summed E-state index contributed by atoms with van der Waals surface area (Å²) in [5, 5.41) is 0. The minimum atomic E-state index is -2.76. The molecule has 0 aromatic carbocycles. The summed E-state index contributed by atoms with van der Waals surface area (Å²) in [5.74, 6) is 0.418. The van der Waals surface area contributed by atoms with Gasteiger partial charge in [-0.3, -0.25) is 0 Å². The molecule has 3 nitrogen and oxygen atoms in total. The van der Waals surface area contributed by atoms with Crippen molar-refractivity contribution in [2.75, 3.05) is 25.9 Å². The summed E-state index contributed by atoms with van der Waals surface area (Å²) in [6.45, 7) is 1.70. The topological polar surface area (TPSA) is 37.4 Å². The van der Waals surface area contributed by atoms with Gasteiger partial charge in [-0.15, -0.1) is 0 Å². The molecule has 70 valence electrons. The van der Waals surface area contributed by atoms with Gasteiger partial charge in [-0.1, -0.05) is 0 Å². The van der Waals surface area contributed by atoms with Crippen LogP contribution in [0.25, 0.3) is 0 Å². The third-order valence-electron chi connectivity index (χ3n) is 3.21. The molecule has 1 unspecified atom stereocenters. The Labute approximate surface area is 73.7 Å². The molecule has 0 aromatic heterocycles. The maximum Gasteiger partial charge on any atom is 0.157 e. The van der Waals surface area contributed by atoms with Gasteiger partial charge in [0.05, 0.1) is 10.5 Å². The monoisotopic (exact) mass is 189 g/mol. The summed E-state index contributed by atoms with van der Waals surface area (Å²) in [5.41, 5.74) is 0. The molecule has 0 N–H and O–H groups in total. The molecule has 4 heteroatoms. The number of rotatable bonds is 0. The summed E-state index contributed by atoms with van der Waals surface area (Å²) in [7, 11) is -0.758. The zero-order valence-electron chi connectivity index (χ0n) is 7.41. The Morgan fingerprint density at radius 2 is 2.08 bits per heavy atom. The Balaban J connectivity index is 2.33. The molecule has 2 fully saturated rings. The lowest BCUT2D eigenvalue weighted by Gasteiger charge is -2.21. The van der Waals surface area contributed by atoms with Gasteiger partial charge < -0.3 is 4.90 Å². The first-order chi connectivity index (χ1) is 5.56. The Hall–Kier alpha value is -0.0900. The molecule has 0 aromatic rings. The lowest BCUT2D eigenvalue weighted by Crippen LogP contribution is -2.37. The maximum absolute atomic E-state index is 11.7. The zero-order valence-corrected chi connectivity index (χ0v) is 8.23. The first kappa shape index (κ1) is 8.51. The van der Waals surface area contributed by atoms with Crippen LogP contribution >= 0.6 is 0 Å². The predicted molar refractivity (Wildman–Crippen MR) is 47.9 cm³/mol. The van der Waals surface area contributed by atoms with Crippen molar-refractivity contribution in [3.8, 4) is 0 Å². The van der Waals surface area contributed by atoms with Crippen LogP contribution in [-0.2, 0) is 9.84 Å². The quantitative estimate of drug-likeness (QED) is 0.549. The molecule has 12 heavy (non-hydrogen) atoms. The van der Waals surface area contributed by atoms with E-state index in [1.165, 1.54) is 0 Å². The highest BCUT2D eigenvalue weighted by Gasteiger charge is 2.50. The van der Waals surface area contributed by atoms with Gasteiger partial charge in [0.2, 0.25) is 0 Å². The molecule has 1 spiro atoms. The second-order valence-corrected chi connectivity index (χ2v) is 6.60. The van der Waals surface area contributed by atoms with Crippen molar-refractivity contribution in [3.63, 3.8) is 0 Å². The number of likely N-dealkylation sites (tertiary alicyclic amines) is 1. The molecule has 2 rings (SSSR count). The minimum Gasteiger partial charge on any atom is -0.305 e. The van der Waals surface area contributed by atoms with Gasteiger partial charge >= 0.3 is 0 Å². The van der Waals surface area contributed by atoms with Gasteiger partial charge in [-0.25, -0.2) is 8.42 Å². The van der Waals surface area contributed by atoms with Crippen LogP contribution in [0.5, 0.6) is 0 Å². The molecular formula is C8H15NO2S. The van der Waals surface area contributed by atoms with Crippen LogP contribution in [0.1, 0.15) is 19.3 Å². The van der Waals surface area contributed by atoms with Crippen LogP contribution in [-0.4, -0.2) is 44.0 Å². The molecule has 2 aliphatic rings. The van der Waals surface area contributed by atoms with Crippen molar-refractivity contribution >= 4 is 9.84 Å². The highest BCUT2D eigenvalue weighted by atomic mass is 32.2. The molecule has 2 saturated heterocycles. The van der Waals surface area contributed by atoms with Crippen LogP contribution in [0.15, 0.2) is 0 Å². The van der Waals surface area contributed by atoms with Crippen molar-refractivity contribution in [2.24, 2.45) is 0 Å². The third-order valence-corrected chi connectivity index (χ3v) is 5.90. The normalized spacial score (nSPS) is 41.1. The summed E-state index contributed by atoms with van der Waals surface area (Å²) in [6, 6.07) is 0. The van der Waals surface area contributed by atoms with E-state index in [1.807, 2.05) is 7.05 Å². The van der Waals surface area contributed by atoms with Crippen LogP contribution in [0.2, 0.25) is 0 Å². The molecule has 2 aliphatic heterocycles. The average molecular weight is 189 g/mol. The first-order valence-corrected chi connectivity index (χ1v) is 6.12. The summed E-state index contributed by atoms with van der Waals surface area (Å²) in [4.78, 5) is 2.13.